The summed E-state index contributed by atoms with van der Waals surface area (Å²) in [7, 11) is 0. The van der Waals surface area contributed by atoms with Crippen LogP contribution in [0.4, 0.5) is 24.0 Å². The Hall–Kier alpha value is -3.57. The Balaban J connectivity index is 1.46. The minimum absolute atomic E-state index is 0.0140. The Morgan fingerprint density at radius 2 is 2.14 bits per heavy atom. The monoisotopic (exact) mass is 644 g/mol. The smallest absolute Gasteiger partial charge is 0.319 e. The van der Waals surface area contributed by atoms with Crippen LogP contribution in [0.3, 0.4) is 0 Å². The summed E-state index contributed by atoms with van der Waals surface area (Å²) in [5, 5.41) is 20.1. The van der Waals surface area contributed by atoms with Crippen LogP contribution in [0.1, 0.15) is 31.7 Å². The molecule has 3 aliphatic heterocycles. The lowest BCUT2D eigenvalue weighted by atomic mass is 9.95. The number of anilines is 2. The van der Waals surface area contributed by atoms with Crippen LogP contribution in [0.15, 0.2) is 12.1 Å². The number of nitrogens with zero attached hydrogens (tertiary/aromatic N) is 5. The van der Waals surface area contributed by atoms with Crippen molar-refractivity contribution < 1.29 is 27.8 Å². The number of nitriles is 1. The van der Waals surface area contributed by atoms with Crippen LogP contribution in [-0.4, -0.2) is 77.2 Å². The van der Waals surface area contributed by atoms with E-state index >= 15 is 4.39 Å². The number of nitrogens with two attached hydrogens (primary N) is 1. The van der Waals surface area contributed by atoms with Crippen LogP contribution in [-0.2, 0) is 0 Å². The molecule has 9 nitrogen and oxygen atoms in total. The fourth-order valence-electron chi connectivity index (χ4n) is 6.97. The molecule has 3 N–H and O–H groups in total. The quantitative estimate of drug-likeness (QED) is 0.283. The number of hydrogen-bond donors (Lipinski definition) is 2. The molecule has 0 aliphatic carbocycles. The van der Waals surface area contributed by atoms with Gasteiger partial charge in [-0.25, -0.2) is 13.2 Å². The van der Waals surface area contributed by atoms with Gasteiger partial charge in [0, 0.05) is 30.5 Å². The number of nitrogen functional groups attached to an aromatic ring is 1. The van der Waals surface area contributed by atoms with E-state index in [0.717, 1.165) is 30.7 Å². The minimum Gasteiger partial charge on any atom is -0.489 e. The first-order chi connectivity index (χ1) is 21.2. The summed E-state index contributed by atoms with van der Waals surface area (Å²) in [6.45, 7) is 3.18. The Bertz CT molecular complexity index is 1870. The molecule has 3 atom stereocenters. The third-order valence-corrected chi connectivity index (χ3v) is 10.4. The standard InChI is InChI=1S/C30H28ClF3N6O3S/c1-14-12-42-25-21-24(23(34)20(22(25)31)16-3-4-18(33)26-19(16)17(10-35)27(36)44-26)37-29(38-28(21)40(14)7-8-41)43-13-30-5-2-6-39(30)11-15(32)9-30/h3-4,14-15,41H,2,5-9,11-13,36H2,1H3/t14-,15+,30-/m0/s1. The molecule has 7 rings (SSSR count). The summed E-state index contributed by atoms with van der Waals surface area (Å²) in [5.41, 5.74) is 5.43. The largest absolute Gasteiger partial charge is 0.489 e. The molecule has 3 aliphatic rings. The first-order valence-electron chi connectivity index (χ1n) is 14.3. The maximum atomic E-state index is 16.9. The lowest BCUT2D eigenvalue weighted by molar-refractivity contribution is 0.107. The van der Waals surface area contributed by atoms with Crippen molar-refractivity contribution in [3.63, 3.8) is 0 Å². The van der Waals surface area contributed by atoms with Crippen molar-refractivity contribution in [2.45, 2.75) is 43.9 Å². The number of fused-ring (bicyclic) bond motifs is 2. The lowest BCUT2D eigenvalue weighted by Gasteiger charge is -2.31. The van der Waals surface area contributed by atoms with Crippen LogP contribution < -0.4 is 20.1 Å². The maximum Gasteiger partial charge on any atom is 0.319 e. The van der Waals surface area contributed by atoms with Gasteiger partial charge in [0.1, 0.15) is 47.6 Å². The van der Waals surface area contributed by atoms with Gasteiger partial charge in [0.15, 0.2) is 11.6 Å². The first-order valence-corrected chi connectivity index (χ1v) is 15.5. The topological polar surface area (TPSA) is 121 Å². The molecule has 2 fully saturated rings. The molecule has 5 heterocycles. The molecular weight excluding hydrogens is 617 g/mol. The van der Waals surface area contributed by atoms with Gasteiger partial charge in [0.05, 0.1) is 38.9 Å². The van der Waals surface area contributed by atoms with E-state index in [1.165, 1.54) is 12.1 Å². The van der Waals surface area contributed by atoms with E-state index < -0.39 is 23.3 Å². The van der Waals surface area contributed by atoms with Gasteiger partial charge in [0.25, 0.3) is 0 Å². The Labute approximate surface area is 259 Å². The number of benzene rings is 2. The number of halogens is 4. The van der Waals surface area contributed by atoms with Gasteiger partial charge in [-0.2, -0.15) is 15.2 Å². The van der Waals surface area contributed by atoms with Gasteiger partial charge in [-0.05, 0) is 37.9 Å². The van der Waals surface area contributed by atoms with E-state index in [9.17, 15) is 19.1 Å². The molecule has 2 aromatic heterocycles. The fourth-order valence-corrected chi connectivity index (χ4v) is 8.26. The van der Waals surface area contributed by atoms with Crippen molar-refractivity contribution in [2.75, 3.05) is 50.1 Å². The molecule has 0 saturated carbocycles. The van der Waals surface area contributed by atoms with Crippen molar-refractivity contribution in [3.05, 3.63) is 34.4 Å². The molecular formula is C30H28ClF3N6O3S. The van der Waals surface area contributed by atoms with Crippen molar-refractivity contribution in [1.29, 1.82) is 5.26 Å². The molecule has 44 heavy (non-hydrogen) atoms. The molecule has 0 unspecified atom stereocenters. The number of β-amino-alcohol motifs (C(OH)–C–C–N with tert-alkyl or cyclic N) is 1. The summed E-state index contributed by atoms with van der Waals surface area (Å²) < 4.78 is 58.6. The molecule has 0 spiro atoms. The third kappa shape index (κ3) is 4.34. The molecule has 4 aromatic rings. The average Bonchev–Trinajstić information content (AvgIpc) is 3.61. The normalized spacial score (nSPS) is 23.2. The number of aromatic nitrogens is 2. The average molecular weight is 645 g/mol. The van der Waals surface area contributed by atoms with E-state index in [1.54, 1.807) is 4.90 Å². The predicted octanol–water partition coefficient (Wildman–Crippen LogP) is 5.43. The van der Waals surface area contributed by atoms with E-state index in [0.29, 0.717) is 13.0 Å². The third-order valence-electron chi connectivity index (χ3n) is 8.99. The van der Waals surface area contributed by atoms with Crippen LogP contribution in [0, 0.1) is 23.0 Å². The van der Waals surface area contributed by atoms with Crippen molar-refractivity contribution in [2.24, 2.45) is 0 Å². The summed E-state index contributed by atoms with van der Waals surface area (Å²) in [6.07, 6.45) is 1.06. The highest BCUT2D eigenvalue weighted by Gasteiger charge is 2.49. The maximum absolute atomic E-state index is 16.9. The second-order valence-corrected chi connectivity index (χ2v) is 13.0. The summed E-state index contributed by atoms with van der Waals surface area (Å²) >= 11 is 7.81. The second kappa shape index (κ2) is 10.8. The zero-order chi connectivity index (χ0) is 30.9. The van der Waals surface area contributed by atoms with Crippen molar-refractivity contribution in [3.8, 4) is 29.0 Å². The minimum atomic E-state index is -0.958. The number of thiophene rings is 1. The molecule has 2 aromatic carbocycles. The van der Waals surface area contributed by atoms with Gasteiger partial charge < -0.3 is 25.2 Å². The van der Waals surface area contributed by atoms with Gasteiger partial charge in [-0.1, -0.05) is 17.7 Å². The number of alkyl halides is 1. The Morgan fingerprint density at radius 3 is 2.91 bits per heavy atom. The molecule has 2 saturated heterocycles. The SMILES string of the molecule is C[C@H]1COc2c(Cl)c(-c3ccc(F)c4sc(N)c(C#N)c34)c(F)c3nc(OC[C@@]45CCCN4C[C@H](F)C5)nc(c23)N1CCO. The van der Waals surface area contributed by atoms with Crippen LogP contribution in [0.5, 0.6) is 11.8 Å². The zero-order valence-corrected chi connectivity index (χ0v) is 25.2. The van der Waals surface area contributed by atoms with Crippen molar-refractivity contribution >= 4 is 54.7 Å². The molecule has 230 valence electrons. The van der Waals surface area contributed by atoms with E-state index in [-0.39, 0.29) is 97.7 Å². The summed E-state index contributed by atoms with van der Waals surface area (Å²) in [6, 6.07) is 4.10. The predicted molar refractivity (Wildman–Crippen MR) is 162 cm³/mol. The number of hydrogen-bond acceptors (Lipinski definition) is 10. The summed E-state index contributed by atoms with van der Waals surface area (Å²) in [5.74, 6) is -1.08. The number of aliphatic hydroxyl groups is 1. The highest BCUT2D eigenvalue weighted by atomic mass is 35.5. The zero-order valence-electron chi connectivity index (χ0n) is 23.7. The van der Waals surface area contributed by atoms with Crippen LogP contribution >= 0.6 is 22.9 Å². The second-order valence-electron chi connectivity index (χ2n) is 11.6. The van der Waals surface area contributed by atoms with E-state index in [4.69, 9.17) is 26.8 Å². The van der Waals surface area contributed by atoms with Crippen molar-refractivity contribution in [1.82, 2.24) is 14.9 Å². The van der Waals surface area contributed by atoms with Gasteiger partial charge >= 0.3 is 6.01 Å². The highest BCUT2D eigenvalue weighted by Crippen LogP contribution is 2.51. The van der Waals surface area contributed by atoms with Gasteiger partial charge in [-0.3, -0.25) is 4.90 Å². The van der Waals surface area contributed by atoms with Crippen LogP contribution in [0.2, 0.25) is 5.02 Å². The van der Waals surface area contributed by atoms with Gasteiger partial charge in [0.2, 0.25) is 0 Å². The molecule has 0 amide bonds. The molecule has 0 bridgehead atoms. The fraction of sp³-hybridized carbons (Fsp3) is 0.433. The Kier molecular flexibility index (Phi) is 7.16. The highest BCUT2D eigenvalue weighted by molar-refractivity contribution is 7.23. The van der Waals surface area contributed by atoms with E-state index in [1.807, 2.05) is 13.0 Å². The summed E-state index contributed by atoms with van der Waals surface area (Å²) in [4.78, 5) is 13.0. The Morgan fingerprint density at radius 1 is 1.32 bits per heavy atom. The first kappa shape index (κ1) is 29.2. The number of ether oxygens (including phenoxy) is 2. The van der Waals surface area contributed by atoms with Crippen LogP contribution in [0.25, 0.3) is 32.1 Å². The number of aliphatic hydroxyl groups excluding tert-OH is 1. The van der Waals surface area contributed by atoms with Gasteiger partial charge in [-0.15, -0.1) is 11.3 Å². The molecule has 14 heteroatoms. The van der Waals surface area contributed by atoms with E-state index in [2.05, 4.69) is 14.9 Å². The molecule has 0 radical (unpaired) electrons. The number of rotatable bonds is 6. The lowest BCUT2D eigenvalue weighted by Crippen LogP contribution is -2.43.